The third kappa shape index (κ3) is 9.67. The first-order valence-electron chi connectivity index (χ1n) is 14.0. The Morgan fingerprint density at radius 3 is 2.24 bits per heavy atom. The van der Waals surface area contributed by atoms with Gasteiger partial charge in [0.1, 0.15) is 24.4 Å². The van der Waals surface area contributed by atoms with Crippen molar-refractivity contribution < 1.29 is 52.6 Å². The highest BCUT2D eigenvalue weighted by molar-refractivity contribution is 5.73. The summed E-state index contributed by atoms with van der Waals surface area (Å²) >= 11 is 0. The van der Waals surface area contributed by atoms with Crippen molar-refractivity contribution in [2.24, 2.45) is 5.73 Å². The van der Waals surface area contributed by atoms with Gasteiger partial charge >= 0.3 is 17.8 Å². The smallest absolute Gasteiger partial charge is 0.475 e. The molecule has 8 N–H and O–H groups in total. The number of aliphatic hydroxyl groups excluding tert-OH is 3. The zero-order valence-electron chi connectivity index (χ0n) is 24.8. The molecule has 1 aromatic carbocycles. The van der Waals surface area contributed by atoms with E-state index in [9.17, 15) is 38.1 Å². The Hall–Kier alpha value is -3.16. The minimum Gasteiger partial charge on any atom is -0.475 e. The molecule has 0 saturated carbocycles. The van der Waals surface area contributed by atoms with Gasteiger partial charge in [0, 0.05) is 38.3 Å². The third-order valence-corrected chi connectivity index (χ3v) is 7.25. The van der Waals surface area contributed by atoms with Crippen molar-refractivity contribution in [2.45, 2.75) is 94.5 Å². The number of ether oxygens (including phenoxy) is 3. The predicted octanol–water partition coefficient (Wildman–Crippen LogP) is -0.304. The second-order valence-corrected chi connectivity index (χ2v) is 11.7. The highest BCUT2D eigenvalue weighted by Gasteiger charge is 2.47. The number of nitrogens with one attached hydrogen (secondary N) is 2. The summed E-state index contributed by atoms with van der Waals surface area (Å²) in [6.07, 6.45) is -11.7. The number of aromatic nitrogens is 2. The minimum atomic E-state index is -5.08. The molecule has 2 fully saturated rings. The van der Waals surface area contributed by atoms with E-state index in [1.54, 1.807) is 0 Å². The number of aliphatic carboxylic acids is 1. The second kappa shape index (κ2) is 15.0. The van der Waals surface area contributed by atoms with Gasteiger partial charge in [0.15, 0.2) is 12.5 Å². The van der Waals surface area contributed by atoms with Crippen LogP contribution in [0.15, 0.2) is 46.1 Å². The van der Waals surface area contributed by atoms with Gasteiger partial charge in [-0.3, -0.25) is 14.3 Å². The molecule has 2 aliphatic heterocycles. The summed E-state index contributed by atoms with van der Waals surface area (Å²) in [6, 6.07) is 9.44. The first-order chi connectivity index (χ1) is 20.9. The molecule has 17 heteroatoms. The molecule has 4 rings (SSSR count). The zero-order valence-corrected chi connectivity index (χ0v) is 24.8. The number of rotatable bonds is 9. The van der Waals surface area contributed by atoms with Crippen molar-refractivity contribution in [1.29, 1.82) is 0 Å². The number of nitrogens with two attached hydrogens (primary N) is 1. The van der Waals surface area contributed by atoms with Crippen LogP contribution >= 0.6 is 0 Å². The van der Waals surface area contributed by atoms with Gasteiger partial charge in [-0.05, 0) is 16.5 Å². The lowest BCUT2D eigenvalue weighted by Crippen LogP contribution is -2.44. The normalized spacial score (nSPS) is 27.6. The molecule has 252 valence electrons. The Morgan fingerprint density at radius 2 is 1.73 bits per heavy atom. The Bertz CT molecular complexity index is 1380. The Morgan fingerprint density at radius 1 is 1.11 bits per heavy atom. The first kappa shape index (κ1) is 36.3. The molecular formula is C28H39F3N4O10. The van der Waals surface area contributed by atoms with Gasteiger partial charge in [-0.15, -0.1) is 0 Å². The Balaban J connectivity index is 0.000000707. The molecule has 0 radical (unpaired) electrons. The number of benzene rings is 1. The highest BCUT2D eigenvalue weighted by Crippen LogP contribution is 2.32. The predicted molar refractivity (Wildman–Crippen MR) is 151 cm³/mol. The van der Waals surface area contributed by atoms with Crippen molar-refractivity contribution in [2.75, 3.05) is 13.1 Å². The van der Waals surface area contributed by atoms with Gasteiger partial charge in [-0.2, -0.15) is 13.2 Å². The summed E-state index contributed by atoms with van der Waals surface area (Å²) < 4.78 is 50.6. The van der Waals surface area contributed by atoms with Crippen molar-refractivity contribution >= 4 is 5.97 Å². The monoisotopic (exact) mass is 648 g/mol. The van der Waals surface area contributed by atoms with E-state index in [0.29, 0.717) is 6.54 Å². The number of carbonyl (C=O) groups is 1. The van der Waals surface area contributed by atoms with Crippen molar-refractivity contribution in [1.82, 2.24) is 14.9 Å². The van der Waals surface area contributed by atoms with E-state index in [4.69, 9.17) is 29.8 Å². The molecule has 45 heavy (non-hydrogen) atoms. The largest absolute Gasteiger partial charge is 0.490 e. The number of alkyl halides is 3. The topological polar surface area (TPSA) is 219 Å². The van der Waals surface area contributed by atoms with Crippen LogP contribution in [0.1, 0.15) is 44.5 Å². The summed E-state index contributed by atoms with van der Waals surface area (Å²) in [6.45, 7) is 7.22. The Kier molecular flexibility index (Phi) is 12.1. The van der Waals surface area contributed by atoms with Crippen LogP contribution in [0.2, 0.25) is 0 Å². The fourth-order valence-corrected chi connectivity index (χ4v) is 4.74. The number of halogens is 3. The maximum atomic E-state index is 12.3. The fourth-order valence-electron chi connectivity index (χ4n) is 4.74. The van der Waals surface area contributed by atoms with Crippen LogP contribution in [-0.4, -0.2) is 98.1 Å². The standard InChI is InChI=1S/C26H38N4O8.C2HF3O2/c1-26(2,3)15-6-4-14(5-7-15)12-28-13-19(38-24-22(34)21(33)18(11-27)37-24)17-10-16(31)23(36-17)30-9-8-20(32)29-25(30)35;3-2(4,5)1(6)7/h4-9,16-19,21-24,28,31,33-34H,10-13,27H2,1-3H3,(H,29,32,35);(H,6,7)/t16-,17+,18-,19+,21-,22-,23-,24+;/m1./s1. The average Bonchev–Trinajstić information content (AvgIpc) is 3.46. The molecule has 2 aromatic rings. The second-order valence-electron chi connectivity index (χ2n) is 11.7. The number of hydrogen-bond acceptors (Lipinski definition) is 11. The van der Waals surface area contributed by atoms with E-state index in [0.717, 1.165) is 10.1 Å². The molecule has 2 aliphatic rings. The fraction of sp³-hybridized carbons (Fsp3) is 0.607. The van der Waals surface area contributed by atoms with Crippen LogP contribution in [0, 0.1) is 0 Å². The van der Waals surface area contributed by atoms with Gasteiger partial charge < -0.3 is 45.7 Å². The van der Waals surface area contributed by atoms with Gasteiger partial charge in [-0.25, -0.2) is 9.59 Å². The number of carboxylic acid groups (broad SMARTS) is 1. The molecule has 2 saturated heterocycles. The van der Waals surface area contributed by atoms with Crippen LogP contribution in [0.4, 0.5) is 13.2 Å². The molecule has 14 nitrogen and oxygen atoms in total. The van der Waals surface area contributed by atoms with Crippen molar-refractivity contribution in [3.05, 3.63) is 68.5 Å². The van der Waals surface area contributed by atoms with Crippen LogP contribution < -0.4 is 22.3 Å². The van der Waals surface area contributed by atoms with Crippen molar-refractivity contribution in [3.8, 4) is 0 Å². The third-order valence-electron chi connectivity index (χ3n) is 7.25. The summed E-state index contributed by atoms with van der Waals surface area (Å²) in [5, 5.41) is 41.8. The Labute approximate surface area is 255 Å². The van der Waals surface area contributed by atoms with Gasteiger partial charge in [0.2, 0.25) is 0 Å². The van der Waals surface area contributed by atoms with Gasteiger partial charge in [0.05, 0.1) is 12.2 Å². The molecule has 3 heterocycles. The SMILES string of the molecule is CC(C)(C)c1ccc(CNC[C@H](O[C@@H]2O[C@H](CN)[C@@H](O)[C@H]2O)[C@@H]2C[C@@H](O)[C@H](n3ccc(=O)[nH]c3=O)O2)cc1.O=C(O)C(F)(F)F. The quantitative estimate of drug-likeness (QED) is 0.186. The molecular weight excluding hydrogens is 609 g/mol. The van der Waals surface area contributed by atoms with Crippen molar-refractivity contribution in [3.63, 3.8) is 0 Å². The summed E-state index contributed by atoms with van der Waals surface area (Å²) in [5.41, 5.74) is 6.68. The molecule has 0 aliphatic carbocycles. The van der Waals surface area contributed by atoms with E-state index in [1.807, 2.05) is 12.1 Å². The number of aliphatic hydroxyl groups is 3. The maximum Gasteiger partial charge on any atom is 0.490 e. The number of hydrogen-bond donors (Lipinski definition) is 7. The van der Waals surface area contributed by atoms with E-state index >= 15 is 0 Å². The number of nitrogens with zero attached hydrogens (tertiary/aromatic N) is 1. The molecule has 0 amide bonds. The van der Waals surface area contributed by atoms with E-state index < -0.39 is 72.5 Å². The lowest BCUT2D eigenvalue weighted by molar-refractivity contribution is -0.213. The van der Waals surface area contributed by atoms with Crippen LogP contribution in [0.25, 0.3) is 0 Å². The lowest BCUT2D eigenvalue weighted by atomic mass is 9.87. The highest BCUT2D eigenvalue weighted by atomic mass is 19.4. The zero-order chi connectivity index (χ0) is 33.7. The first-order valence-corrected chi connectivity index (χ1v) is 14.0. The molecule has 8 atom stereocenters. The summed E-state index contributed by atoms with van der Waals surface area (Å²) in [7, 11) is 0. The summed E-state index contributed by atoms with van der Waals surface area (Å²) in [4.78, 5) is 34.8. The number of H-pyrrole nitrogens is 1. The minimum absolute atomic E-state index is 0.00140. The summed E-state index contributed by atoms with van der Waals surface area (Å²) in [5.74, 6) is -2.76. The number of aromatic amines is 1. The van der Waals surface area contributed by atoms with E-state index in [-0.39, 0.29) is 24.9 Å². The van der Waals surface area contributed by atoms with Crippen LogP contribution in [0.3, 0.4) is 0 Å². The molecule has 0 unspecified atom stereocenters. The van der Waals surface area contributed by atoms with Crippen LogP contribution in [0.5, 0.6) is 0 Å². The van der Waals surface area contributed by atoms with Gasteiger partial charge in [0.25, 0.3) is 5.56 Å². The van der Waals surface area contributed by atoms with E-state index in [2.05, 4.69) is 43.2 Å². The lowest BCUT2D eigenvalue weighted by Gasteiger charge is -2.28. The average molecular weight is 649 g/mol. The van der Waals surface area contributed by atoms with Gasteiger partial charge in [-0.1, -0.05) is 45.0 Å². The number of carboxylic acids is 1. The molecule has 0 bridgehead atoms. The molecule has 1 aromatic heterocycles. The maximum absolute atomic E-state index is 12.3. The van der Waals surface area contributed by atoms with Crippen LogP contribution in [-0.2, 0) is 31.0 Å². The molecule has 0 spiro atoms. The van der Waals surface area contributed by atoms with E-state index in [1.165, 1.54) is 17.8 Å².